The van der Waals surface area contributed by atoms with Crippen molar-refractivity contribution < 1.29 is 5.11 Å². The van der Waals surface area contributed by atoms with E-state index in [1.165, 1.54) is 0 Å². The first-order chi connectivity index (χ1) is 6.50. The van der Waals surface area contributed by atoms with Gasteiger partial charge < -0.3 is 10.0 Å². The molecule has 1 aromatic heterocycles. The van der Waals surface area contributed by atoms with Crippen LogP contribution in [0.1, 0.15) is 12.6 Å². The molecule has 1 aromatic rings. The molecule has 5 heteroatoms. The number of rotatable bonds is 3. The van der Waals surface area contributed by atoms with Crippen LogP contribution in [-0.2, 0) is 0 Å². The Bertz CT molecular complexity index is 317. The smallest absolute Gasteiger partial charge is 0.225 e. The number of nitrogens with zero attached hydrogens (tertiary/aromatic N) is 3. The highest BCUT2D eigenvalue weighted by atomic mass is 79.9. The predicted octanol–water partition coefficient (Wildman–Crippen LogP) is 1.36. The molecule has 1 rings (SSSR count). The average molecular weight is 260 g/mol. The van der Waals surface area contributed by atoms with Gasteiger partial charge in [0.1, 0.15) is 0 Å². The van der Waals surface area contributed by atoms with Gasteiger partial charge in [-0.2, -0.15) is 0 Å². The molecule has 0 aliphatic rings. The maximum absolute atomic E-state index is 9.20. The number of aliphatic hydroxyl groups excluding tert-OH is 1. The number of halogens is 1. The van der Waals surface area contributed by atoms with Crippen molar-refractivity contribution in [3.05, 3.63) is 16.4 Å². The normalized spacial score (nSPS) is 12.6. The van der Waals surface area contributed by atoms with E-state index in [9.17, 15) is 5.11 Å². The van der Waals surface area contributed by atoms with Crippen LogP contribution in [0.2, 0.25) is 0 Å². The number of anilines is 1. The molecular formula is C9H14BrN3O. The molecule has 0 bridgehead atoms. The van der Waals surface area contributed by atoms with Crippen molar-refractivity contribution >= 4 is 21.9 Å². The zero-order chi connectivity index (χ0) is 10.7. The number of aryl methyl sites for hydroxylation is 1. The molecule has 14 heavy (non-hydrogen) atoms. The first-order valence-corrected chi connectivity index (χ1v) is 5.18. The van der Waals surface area contributed by atoms with Crippen molar-refractivity contribution in [2.45, 2.75) is 20.0 Å². The van der Waals surface area contributed by atoms with E-state index in [-0.39, 0.29) is 6.10 Å². The third-order valence-electron chi connectivity index (χ3n) is 1.79. The fourth-order valence-electron chi connectivity index (χ4n) is 1.10. The fourth-order valence-corrected chi connectivity index (χ4v) is 1.29. The Morgan fingerprint density at radius 2 is 2.29 bits per heavy atom. The molecule has 0 amide bonds. The minimum absolute atomic E-state index is 0.382. The summed E-state index contributed by atoms with van der Waals surface area (Å²) < 4.78 is 0.895. The van der Waals surface area contributed by atoms with Crippen molar-refractivity contribution in [1.29, 1.82) is 0 Å². The van der Waals surface area contributed by atoms with Gasteiger partial charge >= 0.3 is 0 Å². The number of hydrogen-bond donors (Lipinski definition) is 1. The van der Waals surface area contributed by atoms with Crippen LogP contribution >= 0.6 is 15.9 Å². The van der Waals surface area contributed by atoms with Gasteiger partial charge in [-0.15, -0.1) is 0 Å². The van der Waals surface area contributed by atoms with Crippen LogP contribution in [-0.4, -0.2) is 34.8 Å². The van der Waals surface area contributed by atoms with Gasteiger partial charge in [0.05, 0.1) is 16.3 Å². The van der Waals surface area contributed by atoms with Gasteiger partial charge in [0, 0.05) is 19.8 Å². The maximum atomic E-state index is 9.20. The highest BCUT2D eigenvalue weighted by Gasteiger charge is 2.08. The predicted molar refractivity (Wildman–Crippen MR) is 59.4 cm³/mol. The standard InChI is InChI=1S/C9H14BrN3O/c1-6(14)5-13(3)9-11-4-8(10)7(2)12-9/h4,6,14H,5H2,1-3H3. The first-order valence-electron chi connectivity index (χ1n) is 4.39. The van der Waals surface area contributed by atoms with E-state index in [1.54, 1.807) is 13.1 Å². The summed E-state index contributed by atoms with van der Waals surface area (Å²) in [6, 6.07) is 0. The molecule has 0 aromatic carbocycles. The molecule has 4 nitrogen and oxygen atoms in total. The summed E-state index contributed by atoms with van der Waals surface area (Å²) >= 11 is 3.34. The SMILES string of the molecule is Cc1nc(N(C)CC(C)O)ncc1Br. The lowest BCUT2D eigenvalue weighted by Crippen LogP contribution is -2.28. The van der Waals surface area contributed by atoms with Crippen LogP contribution in [0.4, 0.5) is 5.95 Å². The molecule has 1 N–H and O–H groups in total. The van der Waals surface area contributed by atoms with Gasteiger partial charge in [0.15, 0.2) is 0 Å². The second kappa shape index (κ2) is 4.70. The highest BCUT2D eigenvalue weighted by Crippen LogP contribution is 2.15. The number of hydrogen-bond acceptors (Lipinski definition) is 4. The summed E-state index contributed by atoms with van der Waals surface area (Å²) in [6.45, 7) is 4.18. The highest BCUT2D eigenvalue weighted by molar-refractivity contribution is 9.10. The van der Waals surface area contributed by atoms with Crippen LogP contribution < -0.4 is 4.90 Å². The zero-order valence-corrected chi connectivity index (χ0v) is 10.1. The van der Waals surface area contributed by atoms with Crippen LogP contribution in [0, 0.1) is 6.92 Å². The Kier molecular flexibility index (Phi) is 3.83. The van der Waals surface area contributed by atoms with Gasteiger partial charge in [-0.1, -0.05) is 0 Å². The Morgan fingerprint density at radius 3 is 2.79 bits per heavy atom. The molecular weight excluding hydrogens is 246 g/mol. The Hall–Kier alpha value is -0.680. The topological polar surface area (TPSA) is 49.2 Å². The molecule has 0 fully saturated rings. The summed E-state index contributed by atoms with van der Waals surface area (Å²) in [5, 5.41) is 9.20. The van der Waals surface area contributed by atoms with E-state index in [2.05, 4.69) is 25.9 Å². The largest absolute Gasteiger partial charge is 0.392 e. The third kappa shape index (κ3) is 2.92. The lowest BCUT2D eigenvalue weighted by molar-refractivity contribution is 0.201. The molecule has 1 heterocycles. The van der Waals surface area contributed by atoms with E-state index in [0.717, 1.165) is 10.2 Å². The van der Waals surface area contributed by atoms with Gasteiger partial charge in [-0.3, -0.25) is 0 Å². The van der Waals surface area contributed by atoms with Crippen molar-refractivity contribution in [3.8, 4) is 0 Å². The minimum Gasteiger partial charge on any atom is -0.392 e. The van der Waals surface area contributed by atoms with Crippen LogP contribution in [0.25, 0.3) is 0 Å². The Balaban J connectivity index is 2.80. The van der Waals surface area contributed by atoms with E-state index < -0.39 is 0 Å². The van der Waals surface area contributed by atoms with Gasteiger partial charge in [-0.05, 0) is 29.8 Å². The van der Waals surface area contributed by atoms with Gasteiger partial charge in [0.25, 0.3) is 0 Å². The van der Waals surface area contributed by atoms with E-state index >= 15 is 0 Å². The Morgan fingerprint density at radius 1 is 1.64 bits per heavy atom. The van der Waals surface area contributed by atoms with Crippen LogP contribution in [0.5, 0.6) is 0 Å². The quantitative estimate of drug-likeness (QED) is 0.891. The van der Waals surface area contributed by atoms with E-state index in [1.807, 2.05) is 18.9 Å². The van der Waals surface area contributed by atoms with Crippen molar-refractivity contribution in [3.63, 3.8) is 0 Å². The molecule has 0 spiro atoms. The molecule has 0 aliphatic heterocycles. The summed E-state index contributed by atoms with van der Waals surface area (Å²) in [4.78, 5) is 10.3. The second-order valence-electron chi connectivity index (χ2n) is 3.33. The molecule has 0 saturated carbocycles. The van der Waals surface area contributed by atoms with Crippen molar-refractivity contribution in [2.75, 3.05) is 18.5 Å². The van der Waals surface area contributed by atoms with Crippen molar-refractivity contribution in [1.82, 2.24) is 9.97 Å². The van der Waals surface area contributed by atoms with Gasteiger partial charge in [-0.25, -0.2) is 9.97 Å². The average Bonchev–Trinajstić information content (AvgIpc) is 2.08. The maximum Gasteiger partial charge on any atom is 0.225 e. The summed E-state index contributed by atoms with van der Waals surface area (Å²) in [6.07, 6.45) is 1.34. The number of likely N-dealkylation sites (N-methyl/N-ethyl adjacent to an activating group) is 1. The zero-order valence-electron chi connectivity index (χ0n) is 8.53. The third-order valence-corrected chi connectivity index (χ3v) is 2.56. The molecule has 0 saturated heterocycles. The molecule has 78 valence electrons. The summed E-state index contributed by atoms with van der Waals surface area (Å²) in [7, 11) is 1.86. The number of aromatic nitrogens is 2. The Labute approximate surface area is 92.1 Å². The van der Waals surface area contributed by atoms with Gasteiger partial charge in [0.2, 0.25) is 5.95 Å². The molecule has 1 atom stereocenters. The monoisotopic (exact) mass is 259 g/mol. The molecule has 0 aliphatic carbocycles. The second-order valence-corrected chi connectivity index (χ2v) is 4.19. The summed E-state index contributed by atoms with van der Waals surface area (Å²) in [5.41, 5.74) is 0.896. The lowest BCUT2D eigenvalue weighted by atomic mass is 10.4. The van der Waals surface area contributed by atoms with Crippen molar-refractivity contribution in [2.24, 2.45) is 0 Å². The minimum atomic E-state index is -0.382. The van der Waals surface area contributed by atoms with E-state index in [4.69, 9.17) is 0 Å². The first kappa shape index (κ1) is 11.4. The van der Waals surface area contributed by atoms with Crippen LogP contribution in [0.15, 0.2) is 10.7 Å². The van der Waals surface area contributed by atoms with E-state index in [0.29, 0.717) is 12.5 Å². The van der Waals surface area contributed by atoms with Crippen LogP contribution in [0.3, 0.4) is 0 Å². The molecule has 0 radical (unpaired) electrons. The number of aliphatic hydroxyl groups is 1. The lowest BCUT2D eigenvalue weighted by Gasteiger charge is -2.18. The molecule has 1 unspecified atom stereocenters. The fraction of sp³-hybridized carbons (Fsp3) is 0.556. The summed E-state index contributed by atoms with van der Waals surface area (Å²) in [5.74, 6) is 0.631.